The molecule has 0 fully saturated rings. The summed E-state index contributed by atoms with van der Waals surface area (Å²) in [6.07, 6.45) is 0.749. The summed E-state index contributed by atoms with van der Waals surface area (Å²) in [5, 5.41) is 2.67. The minimum absolute atomic E-state index is 0.00616. The van der Waals surface area contributed by atoms with Gasteiger partial charge in [0, 0.05) is 6.54 Å². The number of carbonyl (C=O) groups excluding carboxylic acids is 1. The van der Waals surface area contributed by atoms with Crippen molar-refractivity contribution in [3.63, 3.8) is 0 Å². The Kier molecular flexibility index (Phi) is 4.98. The van der Waals surface area contributed by atoms with Crippen LogP contribution in [-0.2, 0) is 14.6 Å². The van der Waals surface area contributed by atoms with Crippen LogP contribution >= 0.6 is 11.6 Å². The summed E-state index contributed by atoms with van der Waals surface area (Å²) in [5.74, 6) is -1.11. The van der Waals surface area contributed by atoms with Crippen molar-refractivity contribution in [1.82, 2.24) is 5.32 Å². The third kappa shape index (κ3) is 3.89. The second-order valence-electron chi connectivity index (χ2n) is 3.79. The molecule has 0 unspecified atom stereocenters. The summed E-state index contributed by atoms with van der Waals surface area (Å²) in [4.78, 5) is 11.4. The Morgan fingerprint density at radius 1 is 1.44 bits per heavy atom. The van der Waals surface area contributed by atoms with Gasteiger partial charge in [0.05, 0.1) is 15.6 Å². The van der Waals surface area contributed by atoms with E-state index in [0.717, 1.165) is 6.42 Å². The van der Waals surface area contributed by atoms with Gasteiger partial charge in [-0.05, 0) is 24.6 Å². The number of benzene rings is 1. The van der Waals surface area contributed by atoms with Crippen molar-refractivity contribution in [2.45, 2.75) is 18.2 Å². The maximum absolute atomic E-state index is 11.9. The second kappa shape index (κ2) is 6.06. The lowest BCUT2D eigenvalue weighted by molar-refractivity contribution is -0.118. The van der Waals surface area contributed by atoms with E-state index in [4.69, 9.17) is 17.3 Å². The molecule has 100 valence electrons. The Morgan fingerprint density at radius 2 is 2.11 bits per heavy atom. The molecule has 18 heavy (non-hydrogen) atoms. The minimum Gasteiger partial charge on any atom is -0.398 e. The van der Waals surface area contributed by atoms with Crippen molar-refractivity contribution in [3.8, 4) is 0 Å². The van der Waals surface area contributed by atoms with E-state index < -0.39 is 21.5 Å². The molecule has 1 aromatic carbocycles. The fourth-order valence-corrected chi connectivity index (χ4v) is 2.70. The Bertz CT molecular complexity index is 543. The molecule has 0 saturated carbocycles. The molecule has 0 aromatic heterocycles. The van der Waals surface area contributed by atoms with E-state index in [9.17, 15) is 13.2 Å². The summed E-state index contributed by atoms with van der Waals surface area (Å²) in [7, 11) is -3.68. The Labute approximate surface area is 111 Å². The summed E-state index contributed by atoms with van der Waals surface area (Å²) >= 11 is 5.75. The molecular formula is C11H15ClN2O3S. The number of rotatable bonds is 5. The first kappa shape index (κ1) is 14.8. The van der Waals surface area contributed by atoms with Crippen LogP contribution in [0.5, 0.6) is 0 Å². The number of carbonyl (C=O) groups is 1. The number of sulfone groups is 1. The number of hydrogen-bond donors (Lipinski definition) is 2. The van der Waals surface area contributed by atoms with Gasteiger partial charge in [-0.25, -0.2) is 8.42 Å². The van der Waals surface area contributed by atoms with Gasteiger partial charge in [-0.3, -0.25) is 4.79 Å². The monoisotopic (exact) mass is 290 g/mol. The van der Waals surface area contributed by atoms with Gasteiger partial charge in [0.2, 0.25) is 5.91 Å². The van der Waals surface area contributed by atoms with Gasteiger partial charge in [-0.1, -0.05) is 18.5 Å². The normalized spacial score (nSPS) is 11.2. The predicted octanol–water partition coefficient (Wildman–Crippen LogP) is 1.22. The van der Waals surface area contributed by atoms with Crippen LogP contribution < -0.4 is 11.1 Å². The first-order chi connectivity index (χ1) is 8.36. The van der Waals surface area contributed by atoms with Crippen LogP contribution in [0.15, 0.2) is 23.1 Å². The smallest absolute Gasteiger partial charge is 0.235 e. The highest BCUT2D eigenvalue weighted by Crippen LogP contribution is 2.23. The van der Waals surface area contributed by atoms with Crippen molar-refractivity contribution in [3.05, 3.63) is 23.2 Å². The summed E-state index contributed by atoms with van der Waals surface area (Å²) in [6, 6.07) is 3.99. The molecule has 0 aliphatic carbocycles. The number of nitrogens with two attached hydrogens (primary N) is 1. The molecule has 5 nitrogen and oxygen atoms in total. The number of nitrogen functional groups attached to an aromatic ring is 1. The van der Waals surface area contributed by atoms with Crippen LogP contribution in [0.3, 0.4) is 0 Å². The Morgan fingerprint density at radius 3 is 2.67 bits per heavy atom. The van der Waals surface area contributed by atoms with Crippen LogP contribution in [-0.4, -0.2) is 26.6 Å². The molecule has 0 aliphatic rings. The first-order valence-corrected chi connectivity index (χ1v) is 7.44. The van der Waals surface area contributed by atoms with Gasteiger partial charge in [-0.2, -0.15) is 0 Å². The molecule has 3 N–H and O–H groups in total. The van der Waals surface area contributed by atoms with E-state index in [2.05, 4.69) is 5.32 Å². The summed E-state index contributed by atoms with van der Waals surface area (Å²) < 4.78 is 23.8. The van der Waals surface area contributed by atoms with E-state index in [1.54, 1.807) is 0 Å². The van der Waals surface area contributed by atoms with Gasteiger partial charge < -0.3 is 11.1 Å². The lowest BCUT2D eigenvalue weighted by atomic mass is 10.3. The highest BCUT2D eigenvalue weighted by atomic mass is 35.5. The van der Waals surface area contributed by atoms with Gasteiger partial charge in [0.1, 0.15) is 5.75 Å². The topological polar surface area (TPSA) is 89.3 Å². The second-order valence-corrected chi connectivity index (χ2v) is 6.19. The molecule has 0 radical (unpaired) electrons. The molecule has 7 heteroatoms. The van der Waals surface area contributed by atoms with Gasteiger partial charge >= 0.3 is 0 Å². The Balaban J connectivity index is 2.86. The molecule has 0 atom stereocenters. The van der Waals surface area contributed by atoms with Crippen LogP contribution in [0.25, 0.3) is 0 Å². The quantitative estimate of drug-likeness (QED) is 0.798. The van der Waals surface area contributed by atoms with Crippen LogP contribution in [0.2, 0.25) is 5.02 Å². The third-order valence-electron chi connectivity index (χ3n) is 2.22. The number of halogens is 1. The standard InChI is InChI=1S/C11H15ClN2O3S/c1-2-5-14-11(15)7-18(16,17)8-3-4-10(13)9(12)6-8/h3-4,6H,2,5,7,13H2,1H3,(H,14,15). The van der Waals surface area contributed by atoms with E-state index in [1.807, 2.05) is 6.92 Å². The number of nitrogens with one attached hydrogen (secondary N) is 1. The zero-order chi connectivity index (χ0) is 13.8. The van der Waals surface area contributed by atoms with Gasteiger partial charge in [0.15, 0.2) is 9.84 Å². The number of anilines is 1. The average molecular weight is 291 g/mol. The fourth-order valence-electron chi connectivity index (χ4n) is 1.27. The van der Waals surface area contributed by atoms with Gasteiger partial charge in [0.25, 0.3) is 0 Å². The van der Waals surface area contributed by atoms with Crippen molar-refractivity contribution in [1.29, 1.82) is 0 Å². The molecule has 0 heterocycles. The highest BCUT2D eigenvalue weighted by molar-refractivity contribution is 7.92. The molecule has 1 rings (SSSR count). The largest absolute Gasteiger partial charge is 0.398 e. The number of amides is 1. The molecule has 0 bridgehead atoms. The van der Waals surface area contributed by atoms with Crippen LogP contribution in [0.4, 0.5) is 5.69 Å². The van der Waals surface area contributed by atoms with Crippen LogP contribution in [0.1, 0.15) is 13.3 Å². The van der Waals surface area contributed by atoms with E-state index in [-0.39, 0.29) is 9.92 Å². The molecule has 0 saturated heterocycles. The molecular weight excluding hydrogens is 276 g/mol. The van der Waals surface area contributed by atoms with Gasteiger partial charge in [-0.15, -0.1) is 0 Å². The maximum Gasteiger partial charge on any atom is 0.235 e. The van der Waals surface area contributed by atoms with E-state index >= 15 is 0 Å². The number of hydrogen-bond acceptors (Lipinski definition) is 4. The van der Waals surface area contributed by atoms with Crippen molar-refractivity contribution in [2.75, 3.05) is 18.0 Å². The SMILES string of the molecule is CCCNC(=O)CS(=O)(=O)c1ccc(N)c(Cl)c1. The molecule has 1 aromatic rings. The lowest BCUT2D eigenvalue weighted by Gasteiger charge is -2.06. The third-order valence-corrected chi connectivity index (χ3v) is 4.17. The summed E-state index contributed by atoms with van der Waals surface area (Å²) in [5.41, 5.74) is 5.79. The van der Waals surface area contributed by atoms with Crippen molar-refractivity contribution in [2.24, 2.45) is 0 Å². The van der Waals surface area contributed by atoms with Crippen LogP contribution in [0, 0.1) is 0 Å². The first-order valence-electron chi connectivity index (χ1n) is 5.41. The highest BCUT2D eigenvalue weighted by Gasteiger charge is 2.19. The minimum atomic E-state index is -3.68. The van der Waals surface area contributed by atoms with Crippen molar-refractivity contribution >= 4 is 33.0 Å². The molecule has 0 spiro atoms. The lowest BCUT2D eigenvalue weighted by Crippen LogP contribution is -2.30. The molecule has 1 amide bonds. The maximum atomic E-state index is 11.9. The summed E-state index contributed by atoms with van der Waals surface area (Å²) in [6.45, 7) is 2.34. The predicted molar refractivity (Wildman–Crippen MR) is 71.2 cm³/mol. The zero-order valence-corrected chi connectivity index (χ0v) is 11.5. The van der Waals surface area contributed by atoms with Crippen molar-refractivity contribution < 1.29 is 13.2 Å². The Hall–Kier alpha value is -1.27. The molecule has 0 aliphatic heterocycles. The van der Waals surface area contributed by atoms with E-state index in [0.29, 0.717) is 12.2 Å². The fraction of sp³-hybridized carbons (Fsp3) is 0.364. The van der Waals surface area contributed by atoms with E-state index in [1.165, 1.54) is 18.2 Å². The average Bonchev–Trinajstić information content (AvgIpc) is 2.29. The zero-order valence-electron chi connectivity index (χ0n) is 9.94.